The van der Waals surface area contributed by atoms with Crippen LogP contribution in [0.5, 0.6) is 0 Å². The van der Waals surface area contributed by atoms with Crippen molar-refractivity contribution >= 4 is 23.2 Å². The van der Waals surface area contributed by atoms with Crippen molar-refractivity contribution in [3.63, 3.8) is 0 Å². The average Bonchev–Trinajstić information content (AvgIpc) is 3.35. The first-order valence-electron chi connectivity index (χ1n) is 10.2. The zero-order valence-corrected chi connectivity index (χ0v) is 17.3. The molecule has 7 nitrogen and oxygen atoms in total. The molecule has 4 rings (SSSR count). The van der Waals surface area contributed by atoms with Crippen molar-refractivity contribution in [2.75, 3.05) is 46.4 Å². The molecule has 0 spiro atoms. The molecule has 2 amide bonds. The number of rotatable bonds is 5. The molecule has 3 aliphatic heterocycles. The number of amides is 2. The maximum atomic E-state index is 12.8. The molecule has 0 unspecified atom stereocenters. The van der Waals surface area contributed by atoms with Gasteiger partial charge in [-0.1, -0.05) is 6.07 Å². The number of likely N-dealkylation sites (N-methyl/N-ethyl adjacent to an activating group) is 1. The summed E-state index contributed by atoms with van der Waals surface area (Å²) in [5.41, 5.74) is 0. The van der Waals surface area contributed by atoms with Crippen LogP contribution in [0.25, 0.3) is 0 Å². The number of nitrogens with zero attached hydrogens (tertiary/aromatic N) is 3. The van der Waals surface area contributed by atoms with E-state index in [0.717, 1.165) is 25.9 Å². The molecule has 0 radical (unpaired) electrons. The lowest BCUT2D eigenvalue weighted by Gasteiger charge is -2.33. The third-order valence-corrected chi connectivity index (χ3v) is 7.20. The summed E-state index contributed by atoms with van der Waals surface area (Å²) in [4.78, 5) is 33.2. The summed E-state index contributed by atoms with van der Waals surface area (Å²) in [5.74, 6) is 0.336. The molecule has 0 aliphatic carbocycles. The van der Waals surface area contributed by atoms with Gasteiger partial charge in [-0.2, -0.15) is 0 Å². The quantitative estimate of drug-likeness (QED) is 0.782. The van der Waals surface area contributed by atoms with E-state index in [1.165, 1.54) is 4.88 Å². The van der Waals surface area contributed by atoms with Gasteiger partial charge in [-0.25, -0.2) is 0 Å². The topological polar surface area (TPSA) is 65.1 Å². The van der Waals surface area contributed by atoms with Gasteiger partial charge in [0.1, 0.15) is 6.04 Å². The minimum Gasteiger partial charge on any atom is -0.378 e. The summed E-state index contributed by atoms with van der Waals surface area (Å²) >= 11 is 1.74. The van der Waals surface area contributed by atoms with Crippen LogP contribution in [0.1, 0.15) is 24.1 Å². The number of morpholine rings is 1. The van der Waals surface area contributed by atoms with Crippen molar-refractivity contribution in [3.05, 3.63) is 22.4 Å². The fourth-order valence-electron chi connectivity index (χ4n) is 4.69. The molecule has 3 saturated heterocycles. The monoisotopic (exact) mass is 406 g/mol. The van der Waals surface area contributed by atoms with E-state index >= 15 is 0 Å². The molecule has 3 aliphatic rings. The van der Waals surface area contributed by atoms with Crippen molar-refractivity contribution in [3.8, 4) is 0 Å². The first kappa shape index (κ1) is 19.8. The third kappa shape index (κ3) is 4.25. The van der Waals surface area contributed by atoms with Crippen molar-refractivity contribution in [1.82, 2.24) is 20.0 Å². The molecular formula is C20H30N4O3S. The van der Waals surface area contributed by atoms with Gasteiger partial charge in [0, 0.05) is 56.1 Å². The molecule has 0 bridgehead atoms. The predicted octanol–water partition coefficient (Wildman–Crippen LogP) is 0.760. The summed E-state index contributed by atoms with van der Waals surface area (Å²) in [7, 11) is 2.12. The number of hydrogen-bond acceptors (Lipinski definition) is 6. The van der Waals surface area contributed by atoms with Crippen LogP contribution in [0.15, 0.2) is 17.5 Å². The van der Waals surface area contributed by atoms with Gasteiger partial charge in [0.25, 0.3) is 0 Å². The Labute approximate surface area is 170 Å². The number of carbonyl (C=O) groups is 2. The third-order valence-electron chi connectivity index (χ3n) is 6.34. The van der Waals surface area contributed by atoms with E-state index in [1.54, 1.807) is 11.3 Å². The minimum absolute atomic E-state index is 0.105. The zero-order chi connectivity index (χ0) is 19.5. The number of hydrogen-bond donors (Lipinski definition) is 1. The van der Waals surface area contributed by atoms with Gasteiger partial charge in [-0.3, -0.25) is 19.4 Å². The van der Waals surface area contributed by atoms with Crippen LogP contribution < -0.4 is 5.32 Å². The van der Waals surface area contributed by atoms with Crippen LogP contribution in [0.2, 0.25) is 0 Å². The van der Waals surface area contributed by atoms with Gasteiger partial charge in [0.15, 0.2) is 0 Å². The molecule has 8 heteroatoms. The largest absolute Gasteiger partial charge is 0.378 e. The van der Waals surface area contributed by atoms with Crippen LogP contribution in [0.3, 0.4) is 0 Å². The van der Waals surface area contributed by atoms with Gasteiger partial charge in [-0.05, 0) is 31.3 Å². The highest BCUT2D eigenvalue weighted by atomic mass is 32.1. The van der Waals surface area contributed by atoms with Gasteiger partial charge >= 0.3 is 0 Å². The summed E-state index contributed by atoms with van der Waals surface area (Å²) in [6, 6.07) is 4.51. The van der Waals surface area contributed by atoms with Gasteiger partial charge < -0.3 is 15.0 Å². The normalized spacial score (nSPS) is 29.4. The number of thiophene rings is 1. The second-order valence-corrected chi connectivity index (χ2v) is 8.98. The summed E-state index contributed by atoms with van der Waals surface area (Å²) < 4.78 is 5.33. The van der Waals surface area contributed by atoms with Crippen LogP contribution in [-0.2, 0) is 20.9 Å². The van der Waals surface area contributed by atoms with E-state index in [2.05, 4.69) is 39.7 Å². The molecule has 154 valence electrons. The highest BCUT2D eigenvalue weighted by molar-refractivity contribution is 7.09. The minimum atomic E-state index is -0.105. The van der Waals surface area contributed by atoms with E-state index in [9.17, 15) is 9.59 Å². The molecular weight excluding hydrogens is 376 g/mol. The fourth-order valence-corrected chi connectivity index (χ4v) is 5.42. The van der Waals surface area contributed by atoms with E-state index < -0.39 is 0 Å². The summed E-state index contributed by atoms with van der Waals surface area (Å²) in [5, 5.41) is 5.23. The number of carbonyl (C=O) groups excluding carboxylic acids is 2. The Morgan fingerprint density at radius 1 is 1.32 bits per heavy atom. The molecule has 3 fully saturated rings. The molecule has 0 saturated carbocycles. The molecule has 1 aromatic rings. The summed E-state index contributed by atoms with van der Waals surface area (Å²) in [6.07, 6.45) is 2.30. The number of ether oxygens (including phenoxy) is 1. The van der Waals surface area contributed by atoms with Gasteiger partial charge in [-0.15, -0.1) is 11.3 Å². The Bertz CT molecular complexity index is 677. The van der Waals surface area contributed by atoms with Crippen LogP contribution >= 0.6 is 11.3 Å². The number of nitrogens with one attached hydrogen (secondary N) is 1. The lowest BCUT2D eigenvalue weighted by molar-refractivity contribution is -0.135. The van der Waals surface area contributed by atoms with Crippen LogP contribution in [0, 0.1) is 0 Å². The molecule has 3 atom stereocenters. The molecule has 0 aromatic carbocycles. The van der Waals surface area contributed by atoms with Gasteiger partial charge in [0.05, 0.1) is 13.2 Å². The Balaban J connectivity index is 1.37. The first-order chi connectivity index (χ1) is 13.6. The van der Waals surface area contributed by atoms with E-state index in [-0.39, 0.29) is 29.9 Å². The maximum absolute atomic E-state index is 12.8. The Kier molecular flexibility index (Phi) is 6.30. The standard InChI is InChI=1S/C20H30N4O3S/c1-22-15(4-5-18(25)23-8-10-27-11-9-23)13-21-20(26)19-17(22)6-7-24(19)14-16-3-2-12-28-16/h2-3,12,15,17,19H,4-11,13-14H2,1H3,(H,21,26)/t15-,17-,19-/m0/s1. The van der Waals surface area contributed by atoms with Crippen molar-refractivity contribution in [2.45, 2.75) is 43.9 Å². The van der Waals surface area contributed by atoms with Crippen LogP contribution in [0.4, 0.5) is 0 Å². The highest BCUT2D eigenvalue weighted by Gasteiger charge is 2.45. The molecule has 1 aromatic heterocycles. The summed E-state index contributed by atoms with van der Waals surface area (Å²) in [6.45, 7) is 5.04. The molecule has 28 heavy (non-hydrogen) atoms. The first-order valence-corrected chi connectivity index (χ1v) is 11.1. The number of likely N-dealkylation sites (tertiary alicyclic amines) is 1. The lowest BCUT2D eigenvalue weighted by Crippen LogP contribution is -2.49. The Hall–Kier alpha value is -1.48. The smallest absolute Gasteiger partial charge is 0.239 e. The average molecular weight is 407 g/mol. The second-order valence-electron chi connectivity index (χ2n) is 7.95. The van der Waals surface area contributed by atoms with E-state index in [1.807, 2.05) is 4.90 Å². The Morgan fingerprint density at radius 2 is 2.14 bits per heavy atom. The van der Waals surface area contributed by atoms with Crippen LogP contribution in [-0.4, -0.2) is 91.1 Å². The zero-order valence-electron chi connectivity index (χ0n) is 16.5. The van der Waals surface area contributed by atoms with Crippen molar-refractivity contribution < 1.29 is 14.3 Å². The SMILES string of the molecule is CN1[C@@H](CCC(=O)N2CCOCC2)CNC(=O)[C@@H]2[C@@H]1CCN2Cc1cccs1. The lowest BCUT2D eigenvalue weighted by atomic mass is 10.0. The van der Waals surface area contributed by atoms with Gasteiger partial charge in [0.2, 0.25) is 11.8 Å². The van der Waals surface area contributed by atoms with Crippen molar-refractivity contribution in [2.24, 2.45) is 0 Å². The van der Waals surface area contributed by atoms with E-state index in [4.69, 9.17) is 4.74 Å². The second kappa shape index (κ2) is 8.90. The fraction of sp³-hybridized carbons (Fsp3) is 0.700. The highest BCUT2D eigenvalue weighted by Crippen LogP contribution is 2.29. The molecule has 1 N–H and O–H groups in total. The van der Waals surface area contributed by atoms with Crippen molar-refractivity contribution in [1.29, 1.82) is 0 Å². The maximum Gasteiger partial charge on any atom is 0.239 e. The Morgan fingerprint density at radius 3 is 2.89 bits per heavy atom. The van der Waals surface area contributed by atoms with E-state index in [0.29, 0.717) is 39.3 Å². The predicted molar refractivity (Wildman–Crippen MR) is 108 cm³/mol. The molecule has 4 heterocycles. The number of fused-ring (bicyclic) bond motifs is 1.